The smallest absolute Gasteiger partial charge is 0.227 e. The van der Waals surface area contributed by atoms with Crippen molar-refractivity contribution in [3.63, 3.8) is 0 Å². The van der Waals surface area contributed by atoms with Crippen LogP contribution in [-0.2, 0) is 11.2 Å². The van der Waals surface area contributed by atoms with Gasteiger partial charge in [0.2, 0.25) is 5.91 Å². The molecular weight excluding hydrogens is 250 g/mol. The number of alkyl halides is 1. The summed E-state index contributed by atoms with van der Waals surface area (Å²) >= 11 is 6.20. The highest BCUT2D eigenvalue weighted by molar-refractivity contribution is 6.21. The van der Waals surface area contributed by atoms with E-state index in [4.69, 9.17) is 11.6 Å². The van der Waals surface area contributed by atoms with E-state index in [0.29, 0.717) is 18.9 Å². The van der Waals surface area contributed by atoms with Crippen LogP contribution in [0.15, 0.2) is 24.3 Å². The molecule has 3 nitrogen and oxygen atoms in total. The number of phenolic OH excluding ortho intramolecular Hbond substituents is 1. The molecule has 0 aromatic heterocycles. The van der Waals surface area contributed by atoms with E-state index in [9.17, 15) is 9.90 Å². The number of amides is 1. The van der Waals surface area contributed by atoms with E-state index in [1.54, 1.807) is 18.2 Å². The van der Waals surface area contributed by atoms with Gasteiger partial charge in [0.05, 0.1) is 11.8 Å². The normalized spacial score (nSPS) is 24.0. The lowest BCUT2D eigenvalue weighted by atomic mass is 9.98. The highest BCUT2D eigenvalue weighted by Crippen LogP contribution is 2.22. The zero-order chi connectivity index (χ0) is 13.1. The van der Waals surface area contributed by atoms with Gasteiger partial charge in [0.15, 0.2) is 0 Å². The second kappa shape index (κ2) is 5.61. The predicted molar refractivity (Wildman–Crippen MR) is 71.8 cm³/mol. The number of halogens is 1. The van der Waals surface area contributed by atoms with Crippen LogP contribution in [0.3, 0.4) is 0 Å². The molecule has 2 rings (SSSR count). The largest absolute Gasteiger partial charge is 0.508 e. The molecule has 0 radical (unpaired) electrons. The molecule has 0 aliphatic carbocycles. The molecule has 1 amide bonds. The Bertz CT molecular complexity index is 436. The lowest BCUT2D eigenvalue weighted by Crippen LogP contribution is -2.44. The Labute approximate surface area is 112 Å². The zero-order valence-electron chi connectivity index (χ0n) is 10.5. The molecule has 0 bridgehead atoms. The van der Waals surface area contributed by atoms with Crippen molar-refractivity contribution >= 4 is 17.5 Å². The Balaban J connectivity index is 1.96. The zero-order valence-corrected chi connectivity index (χ0v) is 11.2. The third kappa shape index (κ3) is 3.16. The quantitative estimate of drug-likeness (QED) is 0.836. The van der Waals surface area contributed by atoms with Crippen LogP contribution in [0.5, 0.6) is 5.75 Å². The minimum absolute atomic E-state index is 0.0480. The molecule has 1 N–H and O–H groups in total. The predicted octanol–water partition coefficient (Wildman–Crippen LogP) is 2.41. The summed E-state index contributed by atoms with van der Waals surface area (Å²) < 4.78 is 0. The van der Waals surface area contributed by atoms with Crippen LogP contribution in [0, 0.1) is 5.92 Å². The van der Waals surface area contributed by atoms with E-state index in [2.05, 4.69) is 6.92 Å². The van der Waals surface area contributed by atoms with Crippen molar-refractivity contribution in [2.75, 3.05) is 13.1 Å². The van der Waals surface area contributed by atoms with Gasteiger partial charge in [-0.2, -0.15) is 0 Å². The molecule has 18 heavy (non-hydrogen) atoms. The summed E-state index contributed by atoms with van der Waals surface area (Å²) in [5, 5.41) is 9.42. The van der Waals surface area contributed by atoms with E-state index in [0.717, 1.165) is 18.5 Å². The third-order valence-electron chi connectivity index (χ3n) is 3.49. The number of benzene rings is 1. The standard InChI is InChI=1S/C14H18ClNO2/c1-10-5-6-16(9-13(10)15)14(18)8-11-3-2-4-12(17)7-11/h2-4,7,10,13,17H,5-6,8-9H2,1H3. The van der Waals surface area contributed by atoms with Crippen molar-refractivity contribution in [1.82, 2.24) is 4.90 Å². The summed E-state index contributed by atoms with van der Waals surface area (Å²) in [5.41, 5.74) is 0.838. The van der Waals surface area contributed by atoms with Crippen LogP contribution in [0.1, 0.15) is 18.9 Å². The maximum Gasteiger partial charge on any atom is 0.227 e. The Morgan fingerprint density at radius 2 is 2.33 bits per heavy atom. The average molecular weight is 268 g/mol. The number of carbonyl (C=O) groups excluding carboxylic acids is 1. The molecule has 1 heterocycles. The van der Waals surface area contributed by atoms with Gasteiger partial charge in [-0.3, -0.25) is 4.79 Å². The van der Waals surface area contributed by atoms with Crippen LogP contribution in [-0.4, -0.2) is 34.4 Å². The van der Waals surface area contributed by atoms with Crippen LogP contribution in [0.25, 0.3) is 0 Å². The van der Waals surface area contributed by atoms with Gasteiger partial charge in [-0.1, -0.05) is 19.1 Å². The maximum absolute atomic E-state index is 12.1. The lowest BCUT2D eigenvalue weighted by Gasteiger charge is -2.34. The first-order valence-corrected chi connectivity index (χ1v) is 6.69. The Morgan fingerprint density at radius 3 is 3.00 bits per heavy atom. The fraction of sp³-hybridized carbons (Fsp3) is 0.500. The molecule has 2 unspecified atom stereocenters. The van der Waals surface area contributed by atoms with Gasteiger partial charge < -0.3 is 10.0 Å². The summed E-state index contributed by atoms with van der Waals surface area (Å²) in [5.74, 6) is 0.748. The van der Waals surface area contributed by atoms with Crippen LogP contribution < -0.4 is 0 Å². The average Bonchev–Trinajstić information content (AvgIpc) is 2.32. The summed E-state index contributed by atoms with van der Waals surface area (Å²) in [6.07, 6.45) is 1.28. The second-order valence-corrected chi connectivity index (χ2v) is 5.53. The minimum Gasteiger partial charge on any atom is -0.508 e. The highest BCUT2D eigenvalue weighted by atomic mass is 35.5. The van der Waals surface area contributed by atoms with Gasteiger partial charge in [-0.25, -0.2) is 0 Å². The summed E-state index contributed by atoms with van der Waals surface area (Å²) in [6, 6.07) is 6.83. The van der Waals surface area contributed by atoms with Gasteiger partial charge >= 0.3 is 0 Å². The first-order chi connectivity index (χ1) is 8.56. The van der Waals surface area contributed by atoms with E-state index in [1.165, 1.54) is 0 Å². The molecular formula is C14H18ClNO2. The molecule has 4 heteroatoms. The van der Waals surface area contributed by atoms with E-state index in [-0.39, 0.29) is 17.0 Å². The Hall–Kier alpha value is -1.22. The van der Waals surface area contributed by atoms with Gasteiger partial charge in [0.25, 0.3) is 0 Å². The minimum atomic E-state index is 0.0480. The van der Waals surface area contributed by atoms with Gasteiger partial charge in [-0.15, -0.1) is 11.6 Å². The summed E-state index contributed by atoms with van der Waals surface area (Å²) in [7, 11) is 0. The Kier molecular flexibility index (Phi) is 4.12. The van der Waals surface area contributed by atoms with Gasteiger partial charge in [0, 0.05) is 13.1 Å². The number of nitrogens with zero attached hydrogens (tertiary/aromatic N) is 1. The van der Waals surface area contributed by atoms with E-state index < -0.39 is 0 Å². The van der Waals surface area contributed by atoms with Crippen LogP contribution in [0.4, 0.5) is 0 Å². The van der Waals surface area contributed by atoms with Crippen molar-refractivity contribution in [3.05, 3.63) is 29.8 Å². The van der Waals surface area contributed by atoms with Crippen molar-refractivity contribution in [2.45, 2.75) is 25.1 Å². The number of hydrogen-bond acceptors (Lipinski definition) is 2. The molecule has 0 spiro atoms. The molecule has 1 aliphatic heterocycles. The van der Waals surface area contributed by atoms with E-state index >= 15 is 0 Å². The van der Waals surface area contributed by atoms with Gasteiger partial charge in [-0.05, 0) is 30.0 Å². The summed E-state index contributed by atoms with van der Waals surface area (Å²) in [4.78, 5) is 13.9. The number of piperidine rings is 1. The van der Waals surface area contributed by atoms with Crippen molar-refractivity contribution in [1.29, 1.82) is 0 Å². The van der Waals surface area contributed by atoms with Crippen molar-refractivity contribution in [2.24, 2.45) is 5.92 Å². The molecule has 0 saturated carbocycles. The number of aromatic hydroxyl groups is 1. The number of carbonyl (C=O) groups is 1. The first kappa shape index (κ1) is 13.2. The Morgan fingerprint density at radius 1 is 1.56 bits per heavy atom. The number of rotatable bonds is 2. The van der Waals surface area contributed by atoms with Crippen molar-refractivity contribution in [3.8, 4) is 5.75 Å². The number of likely N-dealkylation sites (tertiary alicyclic amines) is 1. The lowest BCUT2D eigenvalue weighted by molar-refractivity contribution is -0.131. The molecule has 1 aliphatic rings. The molecule has 98 valence electrons. The molecule has 1 saturated heterocycles. The SMILES string of the molecule is CC1CCN(C(=O)Cc2cccc(O)c2)CC1Cl. The fourth-order valence-corrected chi connectivity index (χ4v) is 2.49. The van der Waals surface area contributed by atoms with Crippen LogP contribution in [0.2, 0.25) is 0 Å². The topological polar surface area (TPSA) is 40.5 Å². The van der Waals surface area contributed by atoms with E-state index in [1.807, 2.05) is 11.0 Å². The number of hydrogen-bond donors (Lipinski definition) is 1. The van der Waals surface area contributed by atoms with Gasteiger partial charge in [0.1, 0.15) is 5.75 Å². The molecule has 1 aromatic carbocycles. The third-order valence-corrected chi connectivity index (χ3v) is 4.05. The summed E-state index contributed by atoms with van der Waals surface area (Å²) in [6.45, 7) is 3.52. The first-order valence-electron chi connectivity index (χ1n) is 6.26. The highest BCUT2D eigenvalue weighted by Gasteiger charge is 2.27. The molecule has 2 atom stereocenters. The van der Waals surface area contributed by atoms with Crippen LogP contribution >= 0.6 is 11.6 Å². The maximum atomic E-state index is 12.1. The second-order valence-electron chi connectivity index (χ2n) is 4.97. The number of phenols is 1. The van der Waals surface area contributed by atoms with Crippen molar-refractivity contribution < 1.29 is 9.90 Å². The monoisotopic (exact) mass is 267 g/mol. The molecule has 1 fully saturated rings. The molecule has 1 aromatic rings. The fourth-order valence-electron chi connectivity index (χ4n) is 2.20.